The van der Waals surface area contributed by atoms with Gasteiger partial charge in [0.2, 0.25) is 0 Å². The van der Waals surface area contributed by atoms with Gasteiger partial charge in [-0.15, -0.1) is 0 Å². The van der Waals surface area contributed by atoms with E-state index in [0.717, 1.165) is 4.90 Å². The number of carbonyl (C=O) groups is 1. The van der Waals surface area contributed by atoms with Gasteiger partial charge in [-0.05, 0) is 25.0 Å². The molecule has 20 heavy (non-hydrogen) atoms. The van der Waals surface area contributed by atoms with Crippen molar-refractivity contribution >= 4 is 16.9 Å². The molecule has 1 aliphatic rings. The molecule has 106 valence electrons. The minimum atomic E-state index is -4.40. The van der Waals surface area contributed by atoms with Crippen LogP contribution in [0.5, 0.6) is 0 Å². The zero-order chi connectivity index (χ0) is 14.3. The normalized spacial score (nSPS) is 19.8. The van der Waals surface area contributed by atoms with Crippen LogP contribution >= 0.6 is 0 Å². The maximum atomic E-state index is 12.9. The molecule has 1 amide bonds. The summed E-state index contributed by atoms with van der Waals surface area (Å²) in [6.45, 7) is 0.108. The topological polar surface area (TPSA) is 61.9 Å². The summed E-state index contributed by atoms with van der Waals surface area (Å²) in [5.74, 6) is -0.649. The summed E-state index contributed by atoms with van der Waals surface area (Å²) < 4.78 is 38.7. The minimum absolute atomic E-state index is 0.0516. The quantitative estimate of drug-likeness (QED) is 0.872. The third-order valence-corrected chi connectivity index (χ3v) is 3.47. The molecular weight excluding hydrogens is 273 g/mol. The van der Waals surface area contributed by atoms with Gasteiger partial charge in [0.15, 0.2) is 0 Å². The van der Waals surface area contributed by atoms with Gasteiger partial charge >= 0.3 is 6.18 Å². The molecule has 2 aromatic rings. The number of nitrogens with one attached hydrogen (secondary N) is 1. The number of alkyl halides is 3. The monoisotopic (exact) mass is 284 g/mol. The van der Waals surface area contributed by atoms with Gasteiger partial charge in [0.05, 0.1) is 5.56 Å². The number of fused-ring (bicyclic) bond motifs is 1. The van der Waals surface area contributed by atoms with Gasteiger partial charge in [-0.2, -0.15) is 28.6 Å². The molecule has 3 rings (SSSR count). The molecule has 1 fully saturated rings. The first-order chi connectivity index (χ1) is 9.48. The molecule has 2 heterocycles. The third-order valence-electron chi connectivity index (χ3n) is 3.47. The molecule has 1 atom stereocenters. The van der Waals surface area contributed by atoms with E-state index < -0.39 is 18.1 Å². The number of carbonyl (C=O) groups excluding carboxylic acids is 1. The molecule has 1 aliphatic heterocycles. The van der Waals surface area contributed by atoms with E-state index in [1.165, 1.54) is 6.07 Å². The first kappa shape index (κ1) is 12.9. The highest BCUT2D eigenvalue weighted by atomic mass is 19.4. The molecule has 1 aromatic carbocycles. The second kappa shape index (κ2) is 4.46. The lowest BCUT2D eigenvalue weighted by atomic mass is 10.1. The van der Waals surface area contributed by atoms with Crippen molar-refractivity contribution in [3.8, 4) is 0 Å². The summed E-state index contributed by atoms with van der Waals surface area (Å²) in [7, 11) is 0. The van der Waals surface area contributed by atoms with Crippen molar-refractivity contribution in [1.82, 2.24) is 20.3 Å². The number of nitrogens with zero attached hydrogens (tertiary/aromatic N) is 3. The minimum Gasteiger partial charge on any atom is -0.326 e. The Morgan fingerprint density at radius 1 is 1.35 bits per heavy atom. The van der Waals surface area contributed by atoms with E-state index in [-0.39, 0.29) is 18.5 Å². The number of aromatic nitrogens is 3. The Morgan fingerprint density at radius 3 is 2.90 bits per heavy atom. The molecule has 0 radical (unpaired) electrons. The zero-order valence-electron chi connectivity index (χ0n) is 10.3. The molecular formula is C12H11F3N4O. The lowest BCUT2D eigenvalue weighted by Gasteiger charge is -2.26. The van der Waals surface area contributed by atoms with Crippen molar-refractivity contribution in [2.24, 2.45) is 0 Å². The number of halogens is 3. The first-order valence-electron chi connectivity index (χ1n) is 6.15. The van der Waals surface area contributed by atoms with E-state index in [1.54, 1.807) is 12.1 Å². The van der Waals surface area contributed by atoms with Gasteiger partial charge < -0.3 is 4.90 Å². The summed E-state index contributed by atoms with van der Waals surface area (Å²) in [6.07, 6.45) is -4.10. The van der Waals surface area contributed by atoms with Crippen LogP contribution in [0.15, 0.2) is 18.2 Å². The Hall–Kier alpha value is -2.12. The Bertz CT molecular complexity index is 651. The van der Waals surface area contributed by atoms with Crippen LogP contribution < -0.4 is 0 Å². The molecule has 0 bridgehead atoms. The standard InChI is InChI=1S/C12H11F3N4O/c13-12(14,15)9-5-2-6-19(9)11(20)7-3-1-4-8-10(7)17-18-16-8/h1,3-4,9H,2,5-6H2,(H,16,17,18)/t9-/m0/s1. The number of rotatable bonds is 1. The molecule has 0 spiro atoms. The fraction of sp³-hybridized carbons (Fsp3) is 0.417. The number of amides is 1. The maximum absolute atomic E-state index is 12.9. The third kappa shape index (κ3) is 2.00. The van der Waals surface area contributed by atoms with Crippen LogP contribution in [0.25, 0.3) is 11.0 Å². The fourth-order valence-corrected chi connectivity index (χ4v) is 2.55. The lowest BCUT2D eigenvalue weighted by molar-refractivity contribution is -0.169. The number of aromatic amines is 1. The van der Waals surface area contributed by atoms with Crippen molar-refractivity contribution in [1.29, 1.82) is 0 Å². The molecule has 5 nitrogen and oxygen atoms in total. The van der Waals surface area contributed by atoms with Gasteiger partial charge in [-0.25, -0.2) is 0 Å². The van der Waals surface area contributed by atoms with Gasteiger partial charge in [0, 0.05) is 6.54 Å². The highest BCUT2D eigenvalue weighted by Gasteiger charge is 2.48. The lowest BCUT2D eigenvalue weighted by Crippen LogP contribution is -2.44. The van der Waals surface area contributed by atoms with Crippen molar-refractivity contribution in [3.05, 3.63) is 23.8 Å². The average molecular weight is 284 g/mol. The van der Waals surface area contributed by atoms with Crippen LogP contribution in [-0.4, -0.2) is 45.0 Å². The fourth-order valence-electron chi connectivity index (χ4n) is 2.55. The summed E-state index contributed by atoms with van der Waals surface area (Å²) in [5, 5.41) is 10.0. The number of hydrogen-bond donors (Lipinski definition) is 1. The number of hydrogen-bond acceptors (Lipinski definition) is 3. The molecule has 0 aliphatic carbocycles. The van der Waals surface area contributed by atoms with Crippen molar-refractivity contribution in [3.63, 3.8) is 0 Å². The van der Waals surface area contributed by atoms with E-state index >= 15 is 0 Å². The maximum Gasteiger partial charge on any atom is 0.408 e. The van der Waals surface area contributed by atoms with Gasteiger partial charge in [0.1, 0.15) is 17.1 Å². The van der Waals surface area contributed by atoms with E-state index in [0.29, 0.717) is 17.5 Å². The van der Waals surface area contributed by atoms with Crippen molar-refractivity contribution in [2.75, 3.05) is 6.54 Å². The zero-order valence-corrected chi connectivity index (χ0v) is 10.3. The van der Waals surface area contributed by atoms with Gasteiger partial charge in [-0.3, -0.25) is 4.79 Å². The van der Waals surface area contributed by atoms with E-state index in [9.17, 15) is 18.0 Å². The Morgan fingerprint density at radius 2 is 2.15 bits per heavy atom. The predicted octanol–water partition coefficient (Wildman–Crippen LogP) is 2.12. The van der Waals surface area contributed by atoms with Gasteiger partial charge in [0.25, 0.3) is 5.91 Å². The van der Waals surface area contributed by atoms with Crippen LogP contribution in [0.2, 0.25) is 0 Å². The molecule has 1 aromatic heterocycles. The van der Waals surface area contributed by atoms with Crippen LogP contribution in [0.3, 0.4) is 0 Å². The molecule has 8 heteroatoms. The van der Waals surface area contributed by atoms with Crippen molar-refractivity contribution < 1.29 is 18.0 Å². The van der Waals surface area contributed by atoms with E-state index in [1.807, 2.05) is 0 Å². The summed E-state index contributed by atoms with van der Waals surface area (Å²) in [4.78, 5) is 13.2. The Balaban J connectivity index is 1.98. The van der Waals surface area contributed by atoms with Crippen LogP contribution in [0, 0.1) is 0 Å². The summed E-state index contributed by atoms with van der Waals surface area (Å²) in [5.41, 5.74) is 0.899. The second-order valence-corrected chi connectivity index (χ2v) is 4.70. The van der Waals surface area contributed by atoms with Gasteiger partial charge in [-0.1, -0.05) is 6.07 Å². The molecule has 1 N–H and O–H groups in total. The predicted molar refractivity (Wildman–Crippen MR) is 64.0 cm³/mol. The first-order valence-corrected chi connectivity index (χ1v) is 6.15. The Kier molecular flexibility index (Phi) is 2.88. The van der Waals surface area contributed by atoms with Crippen molar-refractivity contribution in [2.45, 2.75) is 25.1 Å². The number of para-hydroxylation sites is 1. The highest BCUT2D eigenvalue weighted by Crippen LogP contribution is 2.34. The van der Waals surface area contributed by atoms with Crippen LogP contribution in [0.1, 0.15) is 23.2 Å². The second-order valence-electron chi connectivity index (χ2n) is 4.70. The smallest absolute Gasteiger partial charge is 0.326 e. The van der Waals surface area contributed by atoms with Crippen LogP contribution in [-0.2, 0) is 0 Å². The molecule has 0 saturated carbocycles. The highest BCUT2D eigenvalue weighted by molar-refractivity contribution is 6.04. The van der Waals surface area contributed by atoms with Crippen LogP contribution in [0.4, 0.5) is 13.2 Å². The van der Waals surface area contributed by atoms with E-state index in [2.05, 4.69) is 15.4 Å². The average Bonchev–Trinajstić information content (AvgIpc) is 3.05. The summed E-state index contributed by atoms with van der Waals surface area (Å²) in [6, 6.07) is 2.98. The SMILES string of the molecule is O=C(c1cccc2n[nH]nc12)N1CCC[C@H]1C(F)(F)F. The molecule has 0 unspecified atom stereocenters. The number of likely N-dealkylation sites (tertiary alicyclic amines) is 1. The Labute approximate surface area is 111 Å². The summed E-state index contributed by atoms with van der Waals surface area (Å²) >= 11 is 0. The molecule has 1 saturated heterocycles. The largest absolute Gasteiger partial charge is 0.408 e. The number of benzene rings is 1. The van der Waals surface area contributed by atoms with E-state index in [4.69, 9.17) is 0 Å². The number of H-pyrrole nitrogens is 1.